The summed E-state index contributed by atoms with van der Waals surface area (Å²) in [7, 11) is 0. The van der Waals surface area contributed by atoms with Crippen LogP contribution in [0.2, 0.25) is 0 Å². The Balaban J connectivity index is 0.000000758. The van der Waals surface area contributed by atoms with Gasteiger partial charge in [-0.3, -0.25) is 4.79 Å². The molecule has 1 N–H and O–H groups in total. The molecule has 7 heteroatoms. The maximum Gasteiger partial charge on any atom is 0.290 e. The van der Waals surface area contributed by atoms with Gasteiger partial charge >= 0.3 is 0 Å². The van der Waals surface area contributed by atoms with Gasteiger partial charge in [0.25, 0.3) is 6.47 Å². The summed E-state index contributed by atoms with van der Waals surface area (Å²) >= 11 is 0. The number of hydrogen-bond acceptors (Lipinski definition) is 5. The van der Waals surface area contributed by atoms with E-state index in [1.165, 1.54) is 24.9 Å². The number of ether oxygens (including phenoxy) is 1. The molecule has 0 radical (unpaired) electrons. The first-order valence-corrected chi connectivity index (χ1v) is 8.96. The number of aromatic nitrogens is 3. The molecule has 0 aliphatic carbocycles. The third-order valence-corrected chi connectivity index (χ3v) is 4.54. The van der Waals surface area contributed by atoms with E-state index in [0.717, 1.165) is 37.8 Å². The summed E-state index contributed by atoms with van der Waals surface area (Å²) in [6.07, 6.45) is 4.33. The summed E-state index contributed by atoms with van der Waals surface area (Å²) in [6, 6.07) is 8.30. The number of benzene rings is 1. The van der Waals surface area contributed by atoms with E-state index in [-0.39, 0.29) is 6.47 Å². The molecule has 2 heterocycles. The minimum absolute atomic E-state index is 0.250. The second kappa shape index (κ2) is 10.6. The van der Waals surface area contributed by atoms with Crippen molar-refractivity contribution in [2.24, 2.45) is 5.92 Å². The molecule has 0 saturated carbocycles. The minimum atomic E-state index is -0.250. The number of hydrogen-bond donors (Lipinski definition) is 1. The molecule has 1 aliphatic heterocycles. The Kier molecular flexibility index (Phi) is 8.08. The lowest BCUT2D eigenvalue weighted by Gasteiger charge is -2.32. The number of nitrogens with zero attached hydrogens (tertiary/aromatic N) is 4. The highest BCUT2D eigenvalue weighted by molar-refractivity contribution is 5.32. The number of aryl methyl sites for hydroxylation is 2. The molecule has 1 fully saturated rings. The zero-order chi connectivity index (χ0) is 18.8. The van der Waals surface area contributed by atoms with Gasteiger partial charge < -0.3 is 19.3 Å². The molecule has 1 aromatic heterocycles. The zero-order valence-corrected chi connectivity index (χ0v) is 15.5. The van der Waals surface area contributed by atoms with Gasteiger partial charge in [-0.05, 0) is 50.9 Å². The first-order chi connectivity index (χ1) is 12.6. The van der Waals surface area contributed by atoms with Crippen LogP contribution in [0.25, 0.3) is 0 Å². The molecule has 26 heavy (non-hydrogen) atoms. The molecule has 0 bridgehead atoms. The lowest BCUT2D eigenvalue weighted by molar-refractivity contribution is -0.122. The predicted octanol–water partition coefficient (Wildman–Crippen LogP) is 2.39. The van der Waals surface area contributed by atoms with E-state index >= 15 is 0 Å². The topological polar surface area (TPSA) is 80.5 Å². The molecular formula is C19H28N4O3. The fraction of sp³-hybridized carbons (Fsp3) is 0.526. The second-order valence-corrected chi connectivity index (χ2v) is 6.61. The Hall–Kier alpha value is -2.41. The van der Waals surface area contributed by atoms with Crippen molar-refractivity contribution >= 4 is 6.47 Å². The Morgan fingerprint density at radius 1 is 1.35 bits per heavy atom. The average molecular weight is 360 g/mol. The largest absolute Gasteiger partial charge is 0.493 e. The molecule has 2 aromatic rings. The van der Waals surface area contributed by atoms with Crippen molar-refractivity contribution in [3.8, 4) is 5.75 Å². The molecule has 1 saturated heterocycles. The first-order valence-electron chi connectivity index (χ1n) is 8.96. The van der Waals surface area contributed by atoms with Crippen LogP contribution in [0.5, 0.6) is 5.75 Å². The van der Waals surface area contributed by atoms with Gasteiger partial charge in [0.15, 0.2) is 0 Å². The Bertz CT molecular complexity index is 674. The summed E-state index contributed by atoms with van der Waals surface area (Å²) in [5.41, 5.74) is 1.25. The van der Waals surface area contributed by atoms with E-state index < -0.39 is 0 Å². The number of rotatable bonds is 6. The molecule has 0 spiro atoms. The maximum atomic E-state index is 8.36. The molecule has 3 rings (SSSR count). The van der Waals surface area contributed by atoms with Gasteiger partial charge in [0.05, 0.1) is 6.61 Å². The van der Waals surface area contributed by atoms with Crippen LogP contribution < -0.4 is 4.74 Å². The van der Waals surface area contributed by atoms with E-state index in [4.69, 9.17) is 14.6 Å². The Morgan fingerprint density at radius 2 is 2.15 bits per heavy atom. The van der Waals surface area contributed by atoms with Crippen molar-refractivity contribution in [3.05, 3.63) is 42.0 Å². The van der Waals surface area contributed by atoms with Gasteiger partial charge in [-0.15, -0.1) is 10.2 Å². The lowest BCUT2D eigenvalue weighted by atomic mass is 9.99. The van der Waals surface area contributed by atoms with E-state index in [1.54, 1.807) is 0 Å². The molecule has 1 aliphatic rings. The fourth-order valence-electron chi connectivity index (χ4n) is 3.19. The predicted molar refractivity (Wildman–Crippen MR) is 99.3 cm³/mol. The highest BCUT2D eigenvalue weighted by atomic mass is 16.5. The number of carboxylic acid groups (broad SMARTS) is 1. The normalized spacial score (nSPS) is 17.2. The standard InChI is InChI=1S/C18H26N4O.CH2O2/c1-15-5-3-7-18(11-15)23-13-17-6-4-8-21(12-17)9-10-22-14-19-20-16(22)2;2-1-3/h3,5,7,11,14,17H,4,6,8-10,12-13H2,1-2H3;1H,(H,2,3). The summed E-state index contributed by atoms with van der Waals surface area (Å²) < 4.78 is 8.11. The summed E-state index contributed by atoms with van der Waals surface area (Å²) in [5, 5.41) is 14.9. The van der Waals surface area contributed by atoms with Crippen molar-refractivity contribution in [1.29, 1.82) is 0 Å². The maximum absolute atomic E-state index is 8.36. The molecule has 142 valence electrons. The highest BCUT2D eigenvalue weighted by Gasteiger charge is 2.20. The molecule has 0 amide bonds. The second-order valence-electron chi connectivity index (χ2n) is 6.61. The molecule has 1 aromatic carbocycles. The third kappa shape index (κ3) is 6.48. The van der Waals surface area contributed by atoms with E-state index in [9.17, 15) is 0 Å². The highest BCUT2D eigenvalue weighted by Crippen LogP contribution is 2.19. The minimum Gasteiger partial charge on any atom is -0.493 e. The van der Waals surface area contributed by atoms with Crippen molar-refractivity contribution in [2.45, 2.75) is 33.2 Å². The zero-order valence-electron chi connectivity index (χ0n) is 15.5. The lowest BCUT2D eigenvalue weighted by Crippen LogP contribution is -2.39. The van der Waals surface area contributed by atoms with E-state index in [0.29, 0.717) is 5.92 Å². The van der Waals surface area contributed by atoms with Gasteiger partial charge in [0.2, 0.25) is 0 Å². The summed E-state index contributed by atoms with van der Waals surface area (Å²) in [5.74, 6) is 2.59. The fourth-order valence-corrected chi connectivity index (χ4v) is 3.19. The van der Waals surface area contributed by atoms with Crippen molar-refractivity contribution in [2.75, 3.05) is 26.2 Å². The number of likely N-dealkylation sites (tertiary alicyclic amines) is 1. The molecule has 7 nitrogen and oxygen atoms in total. The van der Waals surface area contributed by atoms with Gasteiger partial charge in [0.1, 0.15) is 17.9 Å². The van der Waals surface area contributed by atoms with Gasteiger partial charge in [-0.2, -0.15) is 0 Å². The van der Waals surface area contributed by atoms with Crippen LogP contribution in [-0.4, -0.2) is 57.5 Å². The number of piperidine rings is 1. The van der Waals surface area contributed by atoms with Crippen LogP contribution in [-0.2, 0) is 11.3 Å². The average Bonchev–Trinajstić information content (AvgIpc) is 3.04. The van der Waals surface area contributed by atoms with E-state index in [2.05, 4.69) is 44.8 Å². The van der Waals surface area contributed by atoms with E-state index in [1.807, 2.05) is 19.3 Å². The van der Waals surface area contributed by atoms with Crippen LogP contribution in [0.3, 0.4) is 0 Å². The smallest absolute Gasteiger partial charge is 0.290 e. The SMILES string of the molecule is Cc1cccc(OCC2CCCN(CCn3cnnc3C)C2)c1.O=CO. The third-order valence-electron chi connectivity index (χ3n) is 4.54. The van der Waals surface area contributed by atoms with Crippen LogP contribution in [0, 0.1) is 19.8 Å². The molecule has 1 atom stereocenters. The van der Waals surface area contributed by atoms with Crippen LogP contribution in [0.1, 0.15) is 24.2 Å². The van der Waals surface area contributed by atoms with Crippen LogP contribution >= 0.6 is 0 Å². The van der Waals surface area contributed by atoms with Gasteiger partial charge in [-0.25, -0.2) is 0 Å². The monoisotopic (exact) mass is 360 g/mol. The molecule has 1 unspecified atom stereocenters. The summed E-state index contributed by atoms with van der Waals surface area (Å²) in [6.45, 7) is 8.98. The quantitative estimate of drug-likeness (QED) is 0.797. The van der Waals surface area contributed by atoms with Gasteiger partial charge in [0, 0.05) is 25.6 Å². The Labute approximate surface area is 154 Å². The first kappa shape index (κ1) is 19.9. The van der Waals surface area contributed by atoms with Crippen molar-refractivity contribution in [1.82, 2.24) is 19.7 Å². The molecular weight excluding hydrogens is 332 g/mol. The Morgan fingerprint density at radius 3 is 2.85 bits per heavy atom. The van der Waals surface area contributed by atoms with Crippen LogP contribution in [0.15, 0.2) is 30.6 Å². The van der Waals surface area contributed by atoms with Crippen molar-refractivity contribution < 1.29 is 14.6 Å². The van der Waals surface area contributed by atoms with Crippen molar-refractivity contribution in [3.63, 3.8) is 0 Å². The summed E-state index contributed by atoms with van der Waals surface area (Å²) in [4.78, 5) is 10.9. The van der Waals surface area contributed by atoms with Gasteiger partial charge in [-0.1, -0.05) is 12.1 Å². The van der Waals surface area contributed by atoms with Crippen LogP contribution in [0.4, 0.5) is 0 Å². The number of carbonyl (C=O) groups is 1.